The number of unbranched alkanes of at least 4 members (excludes halogenated alkanes) is 3. The van der Waals surface area contributed by atoms with Gasteiger partial charge in [-0.3, -0.25) is 0 Å². The molecule has 0 aliphatic carbocycles. The van der Waals surface area contributed by atoms with E-state index in [1.54, 1.807) is 6.07 Å². The molecule has 0 fully saturated rings. The molecular formula is C13H19FO2. The topological polar surface area (TPSA) is 29.5 Å². The molecule has 1 rings (SSSR count). The Balaban J connectivity index is 2.38. The van der Waals surface area contributed by atoms with Gasteiger partial charge in [0.2, 0.25) is 0 Å². The standard InChI is InChI=1S/C13H19FO2/c1-2-3-4-5-6-16-13-8-11(10-15)7-12(14)9-13/h7-9,15H,2-6,10H2,1H3. The largest absolute Gasteiger partial charge is 0.493 e. The Labute approximate surface area is 96.1 Å². The van der Waals surface area contributed by atoms with Gasteiger partial charge in [0.05, 0.1) is 13.2 Å². The van der Waals surface area contributed by atoms with Crippen LogP contribution in [0.4, 0.5) is 4.39 Å². The Kier molecular flexibility index (Phi) is 5.86. The van der Waals surface area contributed by atoms with Crippen LogP contribution in [0.15, 0.2) is 18.2 Å². The van der Waals surface area contributed by atoms with Gasteiger partial charge in [-0.2, -0.15) is 0 Å². The smallest absolute Gasteiger partial charge is 0.127 e. The first-order valence-corrected chi connectivity index (χ1v) is 5.79. The van der Waals surface area contributed by atoms with E-state index in [0.717, 1.165) is 12.8 Å². The molecular weight excluding hydrogens is 207 g/mol. The van der Waals surface area contributed by atoms with Crippen molar-refractivity contribution in [2.45, 2.75) is 39.2 Å². The van der Waals surface area contributed by atoms with Crippen LogP contribution in [-0.4, -0.2) is 11.7 Å². The van der Waals surface area contributed by atoms with E-state index in [9.17, 15) is 4.39 Å². The van der Waals surface area contributed by atoms with Crippen LogP contribution < -0.4 is 4.74 Å². The molecule has 1 N–H and O–H groups in total. The fourth-order valence-corrected chi connectivity index (χ4v) is 1.51. The Hall–Kier alpha value is -1.09. The van der Waals surface area contributed by atoms with E-state index in [0.29, 0.717) is 17.9 Å². The molecule has 0 aliphatic heterocycles. The van der Waals surface area contributed by atoms with Gasteiger partial charge in [-0.25, -0.2) is 4.39 Å². The summed E-state index contributed by atoms with van der Waals surface area (Å²) in [5.74, 6) is 0.135. The van der Waals surface area contributed by atoms with Crippen molar-refractivity contribution in [3.8, 4) is 5.75 Å². The first kappa shape index (κ1) is 13.0. The molecule has 1 aromatic carbocycles. The van der Waals surface area contributed by atoms with Crippen LogP contribution >= 0.6 is 0 Å². The minimum absolute atomic E-state index is 0.163. The van der Waals surface area contributed by atoms with Crippen molar-refractivity contribution in [2.24, 2.45) is 0 Å². The van der Waals surface area contributed by atoms with Crippen LogP contribution in [0.25, 0.3) is 0 Å². The average Bonchev–Trinajstić information content (AvgIpc) is 2.28. The number of aliphatic hydroxyl groups excluding tert-OH is 1. The second-order valence-electron chi connectivity index (χ2n) is 3.86. The van der Waals surface area contributed by atoms with Crippen LogP contribution in [0, 0.1) is 5.82 Å². The maximum Gasteiger partial charge on any atom is 0.127 e. The lowest BCUT2D eigenvalue weighted by atomic mass is 10.2. The fraction of sp³-hybridized carbons (Fsp3) is 0.538. The summed E-state index contributed by atoms with van der Waals surface area (Å²) in [7, 11) is 0. The van der Waals surface area contributed by atoms with Gasteiger partial charge in [0.25, 0.3) is 0 Å². The number of hydrogen-bond donors (Lipinski definition) is 1. The van der Waals surface area contributed by atoms with Crippen LogP contribution in [0.3, 0.4) is 0 Å². The van der Waals surface area contributed by atoms with E-state index in [2.05, 4.69) is 6.92 Å². The maximum absolute atomic E-state index is 13.1. The van der Waals surface area contributed by atoms with Gasteiger partial charge in [0.15, 0.2) is 0 Å². The number of hydrogen-bond acceptors (Lipinski definition) is 2. The molecule has 90 valence electrons. The number of halogens is 1. The highest BCUT2D eigenvalue weighted by molar-refractivity contribution is 5.29. The molecule has 0 unspecified atom stereocenters. The summed E-state index contributed by atoms with van der Waals surface area (Å²) in [5.41, 5.74) is 0.545. The Morgan fingerprint density at radius 1 is 1.19 bits per heavy atom. The molecule has 0 saturated carbocycles. The van der Waals surface area contributed by atoms with Crippen LogP contribution in [0.1, 0.15) is 38.2 Å². The minimum atomic E-state index is -0.366. The third kappa shape index (κ3) is 4.62. The summed E-state index contributed by atoms with van der Waals surface area (Å²) in [6.45, 7) is 2.60. The second kappa shape index (κ2) is 7.23. The van der Waals surface area contributed by atoms with Crippen molar-refractivity contribution >= 4 is 0 Å². The molecule has 0 heterocycles. The quantitative estimate of drug-likeness (QED) is 0.723. The van der Waals surface area contributed by atoms with Crippen molar-refractivity contribution in [2.75, 3.05) is 6.61 Å². The summed E-state index contributed by atoms with van der Waals surface area (Å²) in [4.78, 5) is 0. The highest BCUT2D eigenvalue weighted by atomic mass is 19.1. The van der Waals surface area contributed by atoms with Crippen LogP contribution in [-0.2, 0) is 6.61 Å². The third-order valence-electron chi connectivity index (χ3n) is 2.38. The van der Waals surface area contributed by atoms with Gasteiger partial charge in [0.1, 0.15) is 11.6 Å². The first-order chi connectivity index (χ1) is 7.76. The molecule has 0 saturated heterocycles. The zero-order chi connectivity index (χ0) is 11.8. The molecule has 3 heteroatoms. The maximum atomic E-state index is 13.1. The van der Waals surface area contributed by atoms with Gasteiger partial charge in [0, 0.05) is 6.07 Å². The van der Waals surface area contributed by atoms with E-state index in [1.165, 1.54) is 25.0 Å². The zero-order valence-corrected chi connectivity index (χ0v) is 9.71. The predicted molar refractivity (Wildman–Crippen MR) is 62.0 cm³/mol. The van der Waals surface area contributed by atoms with Crippen molar-refractivity contribution < 1.29 is 14.2 Å². The number of rotatable bonds is 7. The van der Waals surface area contributed by atoms with Crippen molar-refractivity contribution in [1.82, 2.24) is 0 Å². The Morgan fingerprint density at radius 3 is 2.69 bits per heavy atom. The van der Waals surface area contributed by atoms with Gasteiger partial charge in [-0.15, -0.1) is 0 Å². The molecule has 0 aliphatic rings. The zero-order valence-electron chi connectivity index (χ0n) is 9.71. The van der Waals surface area contributed by atoms with Crippen LogP contribution in [0.2, 0.25) is 0 Å². The van der Waals surface area contributed by atoms with E-state index in [4.69, 9.17) is 9.84 Å². The fourth-order valence-electron chi connectivity index (χ4n) is 1.51. The second-order valence-corrected chi connectivity index (χ2v) is 3.86. The summed E-state index contributed by atoms with van der Waals surface area (Å²) in [6, 6.07) is 4.33. The minimum Gasteiger partial charge on any atom is -0.493 e. The molecule has 0 spiro atoms. The van der Waals surface area contributed by atoms with Gasteiger partial charge < -0.3 is 9.84 Å². The lowest BCUT2D eigenvalue weighted by molar-refractivity contribution is 0.277. The number of aliphatic hydroxyl groups is 1. The monoisotopic (exact) mass is 226 g/mol. The van der Waals surface area contributed by atoms with Crippen molar-refractivity contribution in [1.29, 1.82) is 0 Å². The molecule has 0 bridgehead atoms. The summed E-state index contributed by atoms with van der Waals surface area (Å²) >= 11 is 0. The Morgan fingerprint density at radius 2 is 2.00 bits per heavy atom. The van der Waals surface area contributed by atoms with Gasteiger partial charge in [-0.1, -0.05) is 26.2 Å². The number of benzene rings is 1. The first-order valence-electron chi connectivity index (χ1n) is 5.79. The number of ether oxygens (including phenoxy) is 1. The summed E-state index contributed by atoms with van der Waals surface area (Å²) < 4.78 is 18.5. The third-order valence-corrected chi connectivity index (χ3v) is 2.38. The van der Waals surface area contributed by atoms with Gasteiger partial charge >= 0.3 is 0 Å². The van der Waals surface area contributed by atoms with E-state index < -0.39 is 0 Å². The normalized spacial score (nSPS) is 10.4. The van der Waals surface area contributed by atoms with Crippen LogP contribution in [0.5, 0.6) is 5.75 Å². The molecule has 0 amide bonds. The summed E-state index contributed by atoms with van der Waals surface area (Å²) in [6.07, 6.45) is 4.51. The van der Waals surface area contributed by atoms with E-state index in [-0.39, 0.29) is 12.4 Å². The predicted octanol–water partition coefficient (Wildman–Crippen LogP) is 3.28. The highest BCUT2D eigenvalue weighted by Crippen LogP contribution is 2.17. The van der Waals surface area contributed by atoms with Crippen molar-refractivity contribution in [3.05, 3.63) is 29.6 Å². The van der Waals surface area contributed by atoms with Crippen molar-refractivity contribution in [3.63, 3.8) is 0 Å². The molecule has 0 atom stereocenters. The molecule has 0 aromatic heterocycles. The SMILES string of the molecule is CCCCCCOc1cc(F)cc(CO)c1. The Bertz CT molecular complexity index is 313. The lowest BCUT2D eigenvalue weighted by Crippen LogP contribution is -1.98. The molecule has 2 nitrogen and oxygen atoms in total. The van der Waals surface area contributed by atoms with E-state index >= 15 is 0 Å². The molecule has 1 aromatic rings. The lowest BCUT2D eigenvalue weighted by Gasteiger charge is -2.07. The molecule has 0 radical (unpaired) electrons. The highest BCUT2D eigenvalue weighted by Gasteiger charge is 2.01. The molecule has 16 heavy (non-hydrogen) atoms. The average molecular weight is 226 g/mol. The summed E-state index contributed by atoms with van der Waals surface area (Å²) in [5, 5.41) is 8.91. The van der Waals surface area contributed by atoms with Gasteiger partial charge in [-0.05, 0) is 24.1 Å². The van der Waals surface area contributed by atoms with E-state index in [1.807, 2.05) is 0 Å².